The van der Waals surface area contributed by atoms with E-state index in [-0.39, 0.29) is 11.4 Å². The highest BCUT2D eigenvalue weighted by Crippen LogP contribution is 2.24. The number of amides is 1. The van der Waals surface area contributed by atoms with Gasteiger partial charge in [0.05, 0.1) is 23.3 Å². The number of rotatable bonds is 8. The molecule has 1 aromatic carbocycles. The number of carbonyl (C=O) groups excluding carboxylic acids is 1. The average molecular weight is 451 g/mol. The summed E-state index contributed by atoms with van der Waals surface area (Å²) in [6.45, 7) is 2.31. The number of anilines is 2. The zero-order valence-electron chi connectivity index (χ0n) is 17.3. The molecule has 1 amide bonds. The summed E-state index contributed by atoms with van der Waals surface area (Å²) in [6.07, 6.45) is 1.68. The van der Waals surface area contributed by atoms with Crippen LogP contribution in [0.4, 0.5) is 20.2 Å². The first kappa shape index (κ1) is 22.6. The number of H-pyrrole nitrogens is 1. The van der Waals surface area contributed by atoms with Gasteiger partial charge < -0.3 is 15.2 Å². The number of fused-ring (bicyclic) bond motifs is 1. The fraction of sp³-hybridized carbons (Fsp3) is 0.300. The molecule has 2 heterocycles. The largest absolute Gasteiger partial charge is 0.342 e. The van der Waals surface area contributed by atoms with Gasteiger partial charge in [-0.1, -0.05) is 6.92 Å². The quantitative estimate of drug-likeness (QED) is 0.487. The zero-order valence-corrected chi connectivity index (χ0v) is 18.1. The normalized spacial score (nSPS) is 11.8. The summed E-state index contributed by atoms with van der Waals surface area (Å²) in [6, 6.07) is 5.26. The van der Waals surface area contributed by atoms with Crippen LogP contribution in [0.25, 0.3) is 11.0 Å². The number of hydrogen-bond donors (Lipinski definition) is 3. The van der Waals surface area contributed by atoms with E-state index in [4.69, 9.17) is 0 Å². The standard InChI is InChI=1S/C20H23F2N5O3S/c1-4-7-31(29,30)26-16-6-5-15(21)17(18(16)22)20(28)25-13-8-12-9-14(11-27(2)3)24-19(12)23-10-13/h5-6,8-10,26H,4,7,11H2,1-3H3,(H,23,24)(H,25,28). The molecule has 0 atom stereocenters. The summed E-state index contributed by atoms with van der Waals surface area (Å²) in [5.41, 5.74) is 0.384. The fourth-order valence-corrected chi connectivity index (χ4v) is 4.22. The lowest BCUT2D eigenvalue weighted by molar-refractivity contribution is 0.101. The molecule has 2 aromatic heterocycles. The molecule has 3 rings (SSSR count). The molecule has 0 spiro atoms. The Kier molecular flexibility index (Phi) is 6.56. The van der Waals surface area contributed by atoms with E-state index in [9.17, 15) is 22.0 Å². The molecule has 0 radical (unpaired) electrons. The fourth-order valence-electron chi connectivity index (χ4n) is 3.09. The van der Waals surface area contributed by atoms with Crippen LogP contribution in [0.3, 0.4) is 0 Å². The van der Waals surface area contributed by atoms with E-state index in [1.807, 2.05) is 29.8 Å². The molecule has 0 unspecified atom stereocenters. The van der Waals surface area contributed by atoms with E-state index in [2.05, 4.69) is 15.3 Å². The van der Waals surface area contributed by atoms with Gasteiger partial charge in [0.15, 0.2) is 5.82 Å². The molecule has 0 aliphatic heterocycles. The topological polar surface area (TPSA) is 107 Å². The SMILES string of the molecule is CCCS(=O)(=O)Nc1ccc(F)c(C(=O)Nc2cnc3[nH]c(CN(C)C)cc3c2)c1F. The van der Waals surface area contributed by atoms with Crippen molar-refractivity contribution in [1.82, 2.24) is 14.9 Å². The monoisotopic (exact) mass is 451 g/mol. The first-order valence-corrected chi connectivity index (χ1v) is 11.2. The minimum atomic E-state index is -3.81. The van der Waals surface area contributed by atoms with Crippen LogP contribution in [0.2, 0.25) is 0 Å². The molecular formula is C20H23F2N5O3S. The molecule has 0 saturated heterocycles. The van der Waals surface area contributed by atoms with E-state index in [0.717, 1.165) is 23.2 Å². The Hall–Kier alpha value is -3.05. The van der Waals surface area contributed by atoms with E-state index >= 15 is 0 Å². The lowest BCUT2D eigenvalue weighted by Gasteiger charge is -2.12. The van der Waals surface area contributed by atoms with Crippen LogP contribution in [-0.4, -0.2) is 49.0 Å². The minimum absolute atomic E-state index is 0.233. The van der Waals surface area contributed by atoms with Gasteiger partial charge in [0, 0.05) is 17.6 Å². The molecule has 8 nitrogen and oxygen atoms in total. The Morgan fingerprint density at radius 2 is 1.97 bits per heavy atom. The first-order chi connectivity index (χ1) is 14.6. The van der Waals surface area contributed by atoms with Crippen molar-refractivity contribution < 1.29 is 22.0 Å². The molecule has 3 aromatic rings. The second-order valence-corrected chi connectivity index (χ2v) is 9.20. The van der Waals surface area contributed by atoms with Crippen LogP contribution in [0.1, 0.15) is 29.4 Å². The molecule has 0 aliphatic rings. The number of aromatic nitrogens is 2. The molecule has 0 saturated carbocycles. The Morgan fingerprint density at radius 3 is 2.65 bits per heavy atom. The Labute approximate surface area is 178 Å². The highest BCUT2D eigenvalue weighted by molar-refractivity contribution is 7.92. The predicted octanol–water partition coefficient (Wildman–Crippen LogP) is 3.31. The number of halogens is 2. The van der Waals surface area contributed by atoms with E-state index < -0.39 is 38.8 Å². The third-order valence-electron chi connectivity index (χ3n) is 4.33. The van der Waals surface area contributed by atoms with Crippen molar-refractivity contribution in [3.63, 3.8) is 0 Å². The Morgan fingerprint density at radius 1 is 1.23 bits per heavy atom. The molecule has 0 bridgehead atoms. The van der Waals surface area contributed by atoms with E-state index in [1.54, 1.807) is 13.0 Å². The molecule has 11 heteroatoms. The number of nitrogens with one attached hydrogen (secondary N) is 3. The molecular weight excluding hydrogens is 428 g/mol. The summed E-state index contributed by atoms with van der Waals surface area (Å²) in [7, 11) is 0.0283. The summed E-state index contributed by atoms with van der Waals surface area (Å²) >= 11 is 0. The van der Waals surface area contributed by atoms with Crippen LogP contribution in [0.15, 0.2) is 30.5 Å². The molecule has 3 N–H and O–H groups in total. The molecule has 31 heavy (non-hydrogen) atoms. The summed E-state index contributed by atoms with van der Waals surface area (Å²) < 4.78 is 54.9. The van der Waals surface area contributed by atoms with Gasteiger partial charge in [-0.25, -0.2) is 22.2 Å². The number of hydrogen-bond acceptors (Lipinski definition) is 5. The van der Waals surface area contributed by atoms with Crippen molar-refractivity contribution in [3.8, 4) is 0 Å². The number of sulfonamides is 1. The third kappa shape index (κ3) is 5.36. The average Bonchev–Trinajstić information content (AvgIpc) is 3.04. The van der Waals surface area contributed by atoms with Crippen LogP contribution in [-0.2, 0) is 16.6 Å². The highest BCUT2D eigenvalue weighted by Gasteiger charge is 2.23. The number of benzene rings is 1. The number of aromatic amines is 1. The first-order valence-electron chi connectivity index (χ1n) is 9.52. The smallest absolute Gasteiger partial charge is 0.261 e. The van der Waals surface area contributed by atoms with Gasteiger partial charge in [-0.05, 0) is 44.8 Å². The van der Waals surface area contributed by atoms with Crippen molar-refractivity contribution in [1.29, 1.82) is 0 Å². The van der Waals surface area contributed by atoms with Crippen molar-refractivity contribution in [2.24, 2.45) is 0 Å². The molecule has 0 aliphatic carbocycles. The van der Waals surface area contributed by atoms with Gasteiger partial charge in [0.2, 0.25) is 10.0 Å². The predicted molar refractivity (Wildman–Crippen MR) is 115 cm³/mol. The maximum atomic E-state index is 14.8. The van der Waals surface area contributed by atoms with Gasteiger partial charge in [-0.2, -0.15) is 0 Å². The maximum absolute atomic E-state index is 14.8. The van der Waals surface area contributed by atoms with Crippen LogP contribution < -0.4 is 10.0 Å². The van der Waals surface area contributed by atoms with Crippen molar-refractivity contribution in [2.75, 3.05) is 29.9 Å². The number of nitrogens with zero attached hydrogens (tertiary/aromatic N) is 2. The van der Waals surface area contributed by atoms with Crippen molar-refractivity contribution >= 4 is 38.3 Å². The zero-order chi connectivity index (χ0) is 22.8. The van der Waals surface area contributed by atoms with E-state index in [0.29, 0.717) is 18.6 Å². The van der Waals surface area contributed by atoms with Crippen LogP contribution in [0.5, 0.6) is 0 Å². The van der Waals surface area contributed by atoms with Gasteiger partial charge in [0.25, 0.3) is 5.91 Å². The third-order valence-corrected chi connectivity index (χ3v) is 5.80. The van der Waals surface area contributed by atoms with Gasteiger partial charge in [-0.3, -0.25) is 9.52 Å². The second kappa shape index (κ2) is 8.98. The van der Waals surface area contributed by atoms with Crippen molar-refractivity contribution in [3.05, 3.63) is 53.4 Å². The van der Waals surface area contributed by atoms with Crippen LogP contribution >= 0.6 is 0 Å². The highest BCUT2D eigenvalue weighted by atomic mass is 32.2. The summed E-state index contributed by atoms with van der Waals surface area (Å²) in [5.74, 6) is -3.70. The Balaban J connectivity index is 1.86. The lowest BCUT2D eigenvalue weighted by atomic mass is 10.1. The minimum Gasteiger partial charge on any atom is -0.342 e. The van der Waals surface area contributed by atoms with E-state index in [1.165, 1.54) is 6.20 Å². The second-order valence-electron chi connectivity index (χ2n) is 7.35. The molecule has 0 fully saturated rings. The summed E-state index contributed by atoms with van der Waals surface area (Å²) in [5, 5.41) is 3.13. The maximum Gasteiger partial charge on any atom is 0.261 e. The van der Waals surface area contributed by atoms with Gasteiger partial charge >= 0.3 is 0 Å². The Bertz CT molecular complexity index is 1230. The van der Waals surface area contributed by atoms with Gasteiger partial charge in [-0.15, -0.1) is 0 Å². The molecule has 166 valence electrons. The number of carbonyl (C=O) groups is 1. The summed E-state index contributed by atoms with van der Waals surface area (Å²) in [4.78, 5) is 21.9. The van der Waals surface area contributed by atoms with Crippen LogP contribution in [0, 0.1) is 11.6 Å². The lowest BCUT2D eigenvalue weighted by Crippen LogP contribution is -2.20. The van der Waals surface area contributed by atoms with Crippen molar-refractivity contribution in [2.45, 2.75) is 19.9 Å². The van der Waals surface area contributed by atoms with Gasteiger partial charge in [0.1, 0.15) is 17.0 Å². The number of pyridine rings is 1.